The Morgan fingerprint density at radius 2 is 2.04 bits per heavy atom. The van der Waals surface area contributed by atoms with E-state index in [2.05, 4.69) is 25.7 Å². The van der Waals surface area contributed by atoms with Crippen molar-refractivity contribution in [3.05, 3.63) is 57.0 Å². The molecule has 2 heterocycles. The first-order chi connectivity index (χ1) is 13.0. The first-order valence-electron chi connectivity index (χ1n) is 8.32. The summed E-state index contributed by atoms with van der Waals surface area (Å²) in [6.07, 6.45) is 5.79. The predicted molar refractivity (Wildman–Crippen MR) is 99.8 cm³/mol. The van der Waals surface area contributed by atoms with Gasteiger partial charge in [0.15, 0.2) is 17.1 Å². The molecule has 1 aliphatic carbocycles. The van der Waals surface area contributed by atoms with Crippen LogP contribution in [0.3, 0.4) is 0 Å². The number of fused-ring (bicyclic) bond motifs is 1. The Kier molecular flexibility index (Phi) is 4.59. The van der Waals surface area contributed by atoms with Crippen LogP contribution >= 0.6 is 15.9 Å². The second kappa shape index (κ2) is 6.92. The molecule has 5 nitrogen and oxygen atoms in total. The minimum atomic E-state index is -2.96. The molecule has 2 aromatic heterocycles. The van der Waals surface area contributed by atoms with Crippen LogP contribution in [0.25, 0.3) is 16.8 Å². The van der Waals surface area contributed by atoms with Crippen molar-refractivity contribution in [2.45, 2.75) is 25.4 Å². The van der Waals surface area contributed by atoms with Crippen LogP contribution in [0.15, 0.2) is 45.9 Å². The van der Waals surface area contributed by atoms with E-state index in [1.165, 1.54) is 19.2 Å². The van der Waals surface area contributed by atoms with Gasteiger partial charge in [0, 0.05) is 29.6 Å². The maximum absolute atomic E-state index is 12.8. The summed E-state index contributed by atoms with van der Waals surface area (Å²) >= 11 is 3.36. The number of aromatic nitrogens is 2. The summed E-state index contributed by atoms with van der Waals surface area (Å²) in [5.41, 5.74) is 2.22. The van der Waals surface area contributed by atoms with Crippen molar-refractivity contribution in [2.24, 2.45) is 0 Å². The minimum absolute atomic E-state index is 0.0908. The van der Waals surface area contributed by atoms with Crippen LogP contribution in [0.1, 0.15) is 24.5 Å². The quantitative estimate of drug-likeness (QED) is 0.585. The second-order valence-electron chi connectivity index (χ2n) is 6.29. The lowest BCUT2D eigenvalue weighted by atomic mass is 10.1. The van der Waals surface area contributed by atoms with Gasteiger partial charge in [-0.2, -0.15) is 8.78 Å². The van der Waals surface area contributed by atoms with Gasteiger partial charge in [-0.3, -0.25) is 4.79 Å². The zero-order valence-electron chi connectivity index (χ0n) is 14.3. The molecule has 1 aliphatic rings. The number of methoxy groups -OCH3 is 1. The number of pyridine rings is 1. The van der Waals surface area contributed by atoms with Crippen LogP contribution < -0.4 is 14.9 Å². The molecule has 0 N–H and O–H groups in total. The van der Waals surface area contributed by atoms with E-state index in [9.17, 15) is 13.6 Å². The van der Waals surface area contributed by atoms with E-state index >= 15 is 0 Å². The van der Waals surface area contributed by atoms with Crippen LogP contribution in [0.2, 0.25) is 0 Å². The molecule has 0 atom stereocenters. The van der Waals surface area contributed by atoms with Crippen LogP contribution in [0, 0.1) is 0 Å². The summed E-state index contributed by atoms with van der Waals surface area (Å²) in [7, 11) is 1.35. The van der Waals surface area contributed by atoms with Crippen molar-refractivity contribution in [2.75, 3.05) is 7.11 Å². The topological polar surface area (TPSA) is 52.8 Å². The molecule has 1 saturated carbocycles. The zero-order valence-corrected chi connectivity index (χ0v) is 15.9. The van der Waals surface area contributed by atoms with Gasteiger partial charge < -0.3 is 13.9 Å². The van der Waals surface area contributed by atoms with E-state index in [1.807, 2.05) is 12.3 Å². The van der Waals surface area contributed by atoms with E-state index in [4.69, 9.17) is 4.74 Å². The summed E-state index contributed by atoms with van der Waals surface area (Å²) in [6.45, 7) is -2.96. The van der Waals surface area contributed by atoms with Crippen LogP contribution in [-0.2, 0) is 0 Å². The summed E-state index contributed by atoms with van der Waals surface area (Å²) in [5.74, 6) is 0.505. The Labute approximate surface area is 161 Å². The summed E-state index contributed by atoms with van der Waals surface area (Å²) in [5, 5.41) is 0. The molecule has 0 spiro atoms. The highest BCUT2D eigenvalue weighted by atomic mass is 79.9. The SMILES string of the molecule is COc1cc(-c2cn3ccc(C4CC4)nc3c(Br)c2=O)ccc1OC(F)F. The summed E-state index contributed by atoms with van der Waals surface area (Å²) in [6, 6.07) is 6.35. The molecule has 140 valence electrons. The number of benzene rings is 1. The maximum atomic E-state index is 12.8. The largest absolute Gasteiger partial charge is 0.493 e. The highest BCUT2D eigenvalue weighted by Gasteiger charge is 2.25. The number of halogens is 3. The van der Waals surface area contributed by atoms with Gasteiger partial charge >= 0.3 is 6.61 Å². The maximum Gasteiger partial charge on any atom is 0.387 e. The molecule has 0 aliphatic heterocycles. The van der Waals surface area contributed by atoms with Gasteiger partial charge in [0.1, 0.15) is 4.47 Å². The van der Waals surface area contributed by atoms with Crippen molar-refractivity contribution in [3.8, 4) is 22.6 Å². The fraction of sp³-hybridized carbons (Fsp3) is 0.263. The molecule has 3 aromatic rings. The smallest absolute Gasteiger partial charge is 0.387 e. The summed E-state index contributed by atoms with van der Waals surface area (Å²) in [4.78, 5) is 17.5. The lowest BCUT2D eigenvalue weighted by molar-refractivity contribution is -0.0512. The molecule has 0 saturated heterocycles. The fourth-order valence-corrected chi connectivity index (χ4v) is 3.48. The van der Waals surface area contributed by atoms with Crippen molar-refractivity contribution in [1.29, 1.82) is 0 Å². The molecule has 0 unspecified atom stereocenters. The Morgan fingerprint density at radius 1 is 1.26 bits per heavy atom. The van der Waals surface area contributed by atoms with Crippen LogP contribution in [0.5, 0.6) is 11.5 Å². The monoisotopic (exact) mass is 436 g/mol. The van der Waals surface area contributed by atoms with Gasteiger partial charge in [0.25, 0.3) is 0 Å². The van der Waals surface area contributed by atoms with E-state index < -0.39 is 6.61 Å². The first kappa shape index (κ1) is 17.9. The third kappa shape index (κ3) is 3.41. The normalized spacial score (nSPS) is 14.0. The summed E-state index contributed by atoms with van der Waals surface area (Å²) < 4.78 is 36.7. The Hall–Kier alpha value is -2.48. The average Bonchev–Trinajstić information content (AvgIpc) is 3.49. The average molecular weight is 437 g/mol. The number of ether oxygens (including phenoxy) is 2. The number of rotatable bonds is 5. The molecular formula is C19H15BrF2N2O3. The molecule has 0 amide bonds. The number of hydrogen-bond donors (Lipinski definition) is 0. The van der Waals surface area contributed by atoms with Crippen LogP contribution in [0.4, 0.5) is 8.78 Å². The van der Waals surface area contributed by atoms with Gasteiger partial charge in [-0.1, -0.05) is 6.07 Å². The van der Waals surface area contributed by atoms with E-state index in [0.29, 0.717) is 27.2 Å². The molecule has 0 radical (unpaired) electrons. The van der Waals surface area contributed by atoms with E-state index in [0.717, 1.165) is 18.5 Å². The second-order valence-corrected chi connectivity index (χ2v) is 7.08. The molecular weight excluding hydrogens is 422 g/mol. The molecule has 1 aromatic carbocycles. The Bertz CT molecular complexity index is 1080. The Balaban J connectivity index is 1.82. The molecule has 4 rings (SSSR count). The van der Waals surface area contributed by atoms with Gasteiger partial charge in [-0.25, -0.2) is 4.98 Å². The number of alkyl halides is 2. The third-order valence-corrected chi connectivity index (χ3v) is 5.20. The third-order valence-electron chi connectivity index (χ3n) is 4.48. The van der Waals surface area contributed by atoms with E-state index in [-0.39, 0.29) is 16.9 Å². The standard InChI is InChI=1S/C19H15BrF2N2O3/c1-26-15-8-11(4-5-14(15)27-19(21)22)12-9-24-7-6-13(10-2-3-10)23-18(24)16(20)17(12)25/h4-10,19H,2-3H2,1H3. The van der Waals surface area contributed by atoms with Crippen molar-refractivity contribution in [3.63, 3.8) is 0 Å². The highest BCUT2D eigenvalue weighted by molar-refractivity contribution is 9.10. The van der Waals surface area contributed by atoms with Gasteiger partial charge in [-0.05, 0) is 52.5 Å². The molecule has 8 heteroatoms. The molecule has 27 heavy (non-hydrogen) atoms. The predicted octanol–water partition coefficient (Wildman–Crippen LogP) is 4.61. The Morgan fingerprint density at radius 3 is 2.70 bits per heavy atom. The van der Waals surface area contributed by atoms with Crippen LogP contribution in [-0.4, -0.2) is 23.1 Å². The van der Waals surface area contributed by atoms with Gasteiger partial charge in [-0.15, -0.1) is 0 Å². The van der Waals surface area contributed by atoms with Crippen molar-refractivity contribution in [1.82, 2.24) is 9.38 Å². The van der Waals surface area contributed by atoms with E-state index in [1.54, 1.807) is 16.7 Å². The molecule has 1 fully saturated rings. The highest BCUT2D eigenvalue weighted by Crippen LogP contribution is 2.39. The minimum Gasteiger partial charge on any atom is -0.493 e. The number of nitrogens with zero attached hydrogens (tertiary/aromatic N) is 2. The van der Waals surface area contributed by atoms with Crippen molar-refractivity contribution < 1.29 is 18.3 Å². The fourth-order valence-electron chi connectivity index (χ4n) is 2.97. The first-order valence-corrected chi connectivity index (χ1v) is 9.12. The van der Waals surface area contributed by atoms with Gasteiger partial charge in [0.2, 0.25) is 5.43 Å². The zero-order chi connectivity index (χ0) is 19.1. The lowest BCUT2D eigenvalue weighted by Crippen LogP contribution is -2.11. The van der Waals surface area contributed by atoms with Gasteiger partial charge in [0.05, 0.1) is 7.11 Å². The number of hydrogen-bond acceptors (Lipinski definition) is 4. The lowest BCUT2D eigenvalue weighted by Gasteiger charge is -2.12. The molecule has 0 bridgehead atoms. The van der Waals surface area contributed by atoms with Crippen molar-refractivity contribution >= 4 is 21.6 Å².